The number of carbonyl (C=O) groups excluding carboxylic acids is 1. The fourth-order valence-electron chi connectivity index (χ4n) is 2.29. The fraction of sp³-hybridized carbons (Fsp3) is 0.353. The van der Waals surface area contributed by atoms with E-state index in [-0.39, 0.29) is 24.7 Å². The van der Waals surface area contributed by atoms with Crippen molar-refractivity contribution in [1.29, 1.82) is 0 Å². The Hall–Kier alpha value is -2.06. The molecule has 1 amide bonds. The number of likely N-dealkylation sites (N-methyl/N-ethyl adjacent to an activating group) is 1. The van der Waals surface area contributed by atoms with Gasteiger partial charge >= 0.3 is 6.36 Å². The van der Waals surface area contributed by atoms with Gasteiger partial charge in [0.15, 0.2) is 0 Å². The van der Waals surface area contributed by atoms with Crippen LogP contribution in [0.5, 0.6) is 5.75 Å². The second kappa shape index (κ2) is 8.87. The molecule has 0 aliphatic rings. The first-order chi connectivity index (χ1) is 11.8. The van der Waals surface area contributed by atoms with Gasteiger partial charge in [0.25, 0.3) is 0 Å². The van der Waals surface area contributed by atoms with Gasteiger partial charge in [0.05, 0.1) is 6.54 Å². The van der Waals surface area contributed by atoms with E-state index >= 15 is 0 Å². The van der Waals surface area contributed by atoms with E-state index in [1.807, 2.05) is 17.5 Å². The summed E-state index contributed by atoms with van der Waals surface area (Å²) in [6, 6.07) is 9.87. The Kier molecular flexibility index (Phi) is 6.83. The van der Waals surface area contributed by atoms with Crippen molar-refractivity contribution in [2.75, 3.05) is 20.1 Å². The lowest BCUT2D eigenvalue weighted by Gasteiger charge is -2.19. The van der Waals surface area contributed by atoms with Gasteiger partial charge in [-0.25, -0.2) is 0 Å². The van der Waals surface area contributed by atoms with Gasteiger partial charge in [0.1, 0.15) is 5.75 Å². The molecule has 0 unspecified atom stereocenters. The zero-order valence-corrected chi connectivity index (χ0v) is 14.5. The quantitative estimate of drug-likeness (QED) is 0.772. The highest BCUT2D eigenvalue weighted by atomic mass is 32.1. The number of benzene rings is 1. The van der Waals surface area contributed by atoms with Crippen LogP contribution in [0.2, 0.25) is 0 Å². The van der Waals surface area contributed by atoms with Crippen LogP contribution in [0, 0.1) is 0 Å². The maximum Gasteiger partial charge on any atom is 0.573 e. The number of nitrogens with zero attached hydrogens (tertiary/aromatic N) is 1. The van der Waals surface area contributed by atoms with Crippen LogP contribution in [0.4, 0.5) is 13.2 Å². The number of hydrogen-bond acceptors (Lipinski definition) is 4. The molecule has 0 saturated heterocycles. The molecule has 1 aromatic carbocycles. The van der Waals surface area contributed by atoms with Crippen molar-refractivity contribution < 1.29 is 22.7 Å². The molecule has 25 heavy (non-hydrogen) atoms. The van der Waals surface area contributed by atoms with Crippen LogP contribution >= 0.6 is 11.3 Å². The molecule has 0 saturated carbocycles. The highest BCUT2D eigenvalue weighted by molar-refractivity contribution is 7.09. The van der Waals surface area contributed by atoms with Gasteiger partial charge < -0.3 is 10.1 Å². The molecular formula is C17H19F3N2O2S. The molecule has 4 nitrogen and oxygen atoms in total. The zero-order valence-electron chi connectivity index (χ0n) is 13.7. The van der Waals surface area contributed by atoms with E-state index in [9.17, 15) is 18.0 Å². The molecule has 0 fully saturated rings. The number of thiophene rings is 1. The van der Waals surface area contributed by atoms with Crippen LogP contribution in [-0.2, 0) is 17.8 Å². The molecule has 1 heterocycles. The topological polar surface area (TPSA) is 41.6 Å². The van der Waals surface area contributed by atoms with Gasteiger partial charge in [-0.15, -0.1) is 24.5 Å². The molecule has 1 aromatic heterocycles. The first-order valence-electron chi connectivity index (χ1n) is 7.65. The summed E-state index contributed by atoms with van der Waals surface area (Å²) in [7, 11) is 1.67. The maximum absolute atomic E-state index is 12.4. The van der Waals surface area contributed by atoms with Crippen LogP contribution in [0.15, 0.2) is 41.8 Å². The minimum Gasteiger partial charge on any atom is -0.405 e. The van der Waals surface area contributed by atoms with E-state index in [2.05, 4.69) is 10.1 Å². The van der Waals surface area contributed by atoms with Crippen molar-refractivity contribution >= 4 is 17.2 Å². The summed E-state index contributed by atoms with van der Waals surface area (Å²) in [6.07, 6.45) is -3.98. The molecule has 0 aliphatic carbocycles. The molecule has 0 atom stereocenters. The minimum absolute atomic E-state index is 0.0881. The normalized spacial score (nSPS) is 11.6. The van der Waals surface area contributed by atoms with Crippen molar-refractivity contribution in [2.24, 2.45) is 0 Å². The largest absolute Gasteiger partial charge is 0.573 e. The summed E-state index contributed by atoms with van der Waals surface area (Å²) < 4.78 is 41.3. The van der Waals surface area contributed by atoms with E-state index in [4.69, 9.17) is 0 Å². The number of amides is 1. The Morgan fingerprint density at radius 2 is 2.00 bits per heavy atom. The Morgan fingerprint density at radius 3 is 2.68 bits per heavy atom. The molecule has 0 spiro atoms. The first-order valence-corrected chi connectivity index (χ1v) is 8.53. The predicted octanol–water partition coefficient (Wildman–Crippen LogP) is 3.44. The summed E-state index contributed by atoms with van der Waals surface area (Å²) >= 11 is 1.63. The zero-order chi connectivity index (χ0) is 18.3. The van der Waals surface area contributed by atoms with Crippen molar-refractivity contribution in [1.82, 2.24) is 10.2 Å². The number of halogens is 3. The summed E-state index contributed by atoms with van der Waals surface area (Å²) in [6.45, 7) is 0.788. The van der Waals surface area contributed by atoms with Crippen molar-refractivity contribution in [3.05, 3.63) is 52.2 Å². The number of carbonyl (C=O) groups is 1. The lowest BCUT2D eigenvalue weighted by molar-refractivity contribution is -0.275. The molecule has 2 rings (SSSR count). The SMILES string of the molecule is CN(CC(=O)NCCc1cccs1)Cc1ccccc1OC(F)(F)F. The minimum atomic E-state index is -4.74. The van der Waals surface area contributed by atoms with E-state index in [1.54, 1.807) is 35.4 Å². The fourth-order valence-corrected chi connectivity index (χ4v) is 3.00. The van der Waals surface area contributed by atoms with Gasteiger partial charge in [-0.3, -0.25) is 9.69 Å². The van der Waals surface area contributed by atoms with Gasteiger partial charge in [0.2, 0.25) is 5.91 Å². The first kappa shape index (κ1) is 19.3. The van der Waals surface area contributed by atoms with Crippen LogP contribution in [-0.4, -0.2) is 37.3 Å². The number of nitrogens with one attached hydrogen (secondary N) is 1. The average Bonchev–Trinajstić information content (AvgIpc) is 3.01. The van der Waals surface area contributed by atoms with Gasteiger partial charge in [0, 0.05) is 23.5 Å². The van der Waals surface area contributed by atoms with Gasteiger partial charge in [-0.2, -0.15) is 0 Å². The Balaban J connectivity index is 1.81. The van der Waals surface area contributed by atoms with Crippen LogP contribution in [0.25, 0.3) is 0 Å². The third-order valence-corrected chi connectivity index (χ3v) is 4.26. The van der Waals surface area contributed by atoms with Crippen molar-refractivity contribution in [3.63, 3.8) is 0 Å². The summed E-state index contributed by atoms with van der Waals surface area (Å²) in [4.78, 5) is 14.8. The highest BCUT2D eigenvalue weighted by Gasteiger charge is 2.32. The molecule has 0 aliphatic heterocycles. The van der Waals surface area contributed by atoms with Crippen LogP contribution in [0.1, 0.15) is 10.4 Å². The Morgan fingerprint density at radius 1 is 1.24 bits per heavy atom. The van der Waals surface area contributed by atoms with Crippen LogP contribution < -0.4 is 10.1 Å². The van der Waals surface area contributed by atoms with E-state index in [0.29, 0.717) is 12.1 Å². The Labute approximate surface area is 148 Å². The van der Waals surface area contributed by atoms with Crippen molar-refractivity contribution in [3.8, 4) is 5.75 Å². The molecule has 8 heteroatoms. The van der Waals surface area contributed by atoms with Crippen molar-refractivity contribution in [2.45, 2.75) is 19.3 Å². The predicted molar refractivity (Wildman–Crippen MR) is 90.5 cm³/mol. The number of rotatable bonds is 8. The molecule has 1 N–H and O–H groups in total. The number of hydrogen-bond donors (Lipinski definition) is 1. The molecule has 0 radical (unpaired) electrons. The highest BCUT2D eigenvalue weighted by Crippen LogP contribution is 2.26. The summed E-state index contributed by atoms with van der Waals surface area (Å²) in [5, 5.41) is 4.78. The second-order valence-corrected chi connectivity index (χ2v) is 6.54. The maximum atomic E-state index is 12.4. The number of alkyl halides is 3. The van der Waals surface area contributed by atoms with Crippen LogP contribution in [0.3, 0.4) is 0 Å². The van der Waals surface area contributed by atoms with Gasteiger partial charge in [-0.05, 0) is 31.0 Å². The van der Waals surface area contributed by atoms with E-state index in [0.717, 1.165) is 6.42 Å². The smallest absolute Gasteiger partial charge is 0.405 e. The average molecular weight is 372 g/mol. The standard InChI is InChI=1S/C17H19F3N2O2S/c1-22(12-16(23)21-9-8-14-6-4-10-25-14)11-13-5-2-3-7-15(13)24-17(18,19)20/h2-7,10H,8-9,11-12H2,1H3,(H,21,23). The van der Waals surface area contributed by atoms with E-state index in [1.165, 1.54) is 17.0 Å². The molecule has 0 bridgehead atoms. The third kappa shape index (κ3) is 7.15. The summed E-state index contributed by atoms with van der Waals surface area (Å²) in [5.74, 6) is -0.423. The number of ether oxygens (including phenoxy) is 1. The molecule has 136 valence electrons. The second-order valence-electron chi connectivity index (χ2n) is 5.51. The van der Waals surface area contributed by atoms with E-state index < -0.39 is 6.36 Å². The van der Waals surface area contributed by atoms with Gasteiger partial charge in [-0.1, -0.05) is 24.3 Å². The molecule has 2 aromatic rings. The molecular weight excluding hydrogens is 353 g/mol. The lowest BCUT2D eigenvalue weighted by Crippen LogP contribution is -2.35. The number of para-hydroxylation sites is 1. The lowest BCUT2D eigenvalue weighted by atomic mass is 10.2. The summed E-state index contributed by atoms with van der Waals surface area (Å²) in [5.41, 5.74) is 0.369. The Bertz CT molecular complexity index is 675. The monoisotopic (exact) mass is 372 g/mol. The third-order valence-electron chi connectivity index (χ3n) is 3.33.